The van der Waals surface area contributed by atoms with Crippen LogP contribution < -0.4 is 0 Å². The van der Waals surface area contributed by atoms with E-state index >= 15 is 0 Å². The topological polar surface area (TPSA) is 38.8 Å². The summed E-state index contributed by atoms with van der Waals surface area (Å²) >= 11 is 0. The lowest BCUT2D eigenvalue weighted by atomic mass is 10.2. The van der Waals surface area contributed by atoms with E-state index in [-0.39, 0.29) is 12.2 Å². The zero-order valence-electron chi connectivity index (χ0n) is 11.0. The summed E-state index contributed by atoms with van der Waals surface area (Å²) in [5.74, 6) is 0. The number of benzene rings is 1. The molecule has 1 aromatic rings. The standard InChI is InChI=1S/C15H19NO3/c1-2-10-18-14-8-9-16(11-14)15(17)19-12-13-6-4-3-5-7-13/h2-7,14H,1,8-12H2/t14-/m1/s1. The van der Waals surface area contributed by atoms with Crippen LogP contribution in [0.4, 0.5) is 4.79 Å². The van der Waals surface area contributed by atoms with Gasteiger partial charge in [-0.25, -0.2) is 4.79 Å². The Bertz CT molecular complexity index is 419. The smallest absolute Gasteiger partial charge is 0.410 e. The van der Waals surface area contributed by atoms with Crippen LogP contribution in [0.15, 0.2) is 43.0 Å². The molecule has 0 bridgehead atoms. The number of ether oxygens (including phenoxy) is 2. The second-order valence-electron chi connectivity index (χ2n) is 4.52. The lowest BCUT2D eigenvalue weighted by Gasteiger charge is -2.16. The Hall–Kier alpha value is -1.81. The number of rotatable bonds is 5. The second kappa shape index (κ2) is 6.95. The van der Waals surface area contributed by atoms with Gasteiger partial charge >= 0.3 is 6.09 Å². The van der Waals surface area contributed by atoms with Crippen molar-refractivity contribution in [2.45, 2.75) is 19.1 Å². The summed E-state index contributed by atoms with van der Waals surface area (Å²) in [6.07, 6.45) is 2.40. The van der Waals surface area contributed by atoms with Gasteiger partial charge in [-0.15, -0.1) is 6.58 Å². The van der Waals surface area contributed by atoms with E-state index in [4.69, 9.17) is 9.47 Å². The lowest BCUT2D eigenvalue weighted by Crippen LogP contribution is -2.30. The number of hydrogen-bond acceptors (Lipinski definition) is 3. The Balaban J connectivity index is 1.74. The van der Waals surface area contributed by atoms with Crippen LogP contribution in [0.5, 0.6) is 0 Å². The second-order valence-corrected chi connectivity index (χ2v) is 4.52. The largest absolute Gasteiger partial charge is 0.445 e. The van der Waals surface area contributed by atoms with Crippen LogP contribution in [0.1, 0.15) is 12.0 Å². The van der Waals surface area contributed by atoms with Crippen molar-refractivity contribution in [2.75, 3.05) is 19.7 Å². The van der Waals surface area contributed by atoms with Gasteiger partial charge in [-0.2, -0.15) is 0 Å². The van der Waals surface area contributed by atoms with Gasteiger partial charge in [0.2, 0.25) is 0 Å². The van der Waals surface area contributed by atoms with E-state index in [0.717, 1.165) is 12.0 Å². The normalized spacial score (nSPS) is 18.3. The van der Waals surface area contributed by atoms with Gasteiger partial charge < -0.3 is 14.4 Å². The first-order valence-electron chi connectivity index (χ1n) is 6.47. The van der Waals surface area contributed by atoms with Gasteiger partial charge in [0.05, 0.1) is 19.3 Å². The summed E-state index contributed by atoms with van der Waals surface area (Å²) in [6, 6.07) is 9.67. The first kappa shape index (κ1) is 13.6. The van der Waals surface area contributed by atoms with Crippen molar-refractivity contribution in [3.8, 4) is 0 Å². The first-order chi connectivity index (χ1) is 9.29. The van der Waals surface area contributed by atoms with Crippen molar-refractivity contribution in [1.82, 2.24) is 4.90 Å². The van der Waals surface area contributed by atoms with Crippen LogP contribution in [0.3, 0.4) is 0 Å². The Labute approximate surface area is 113 Å². The van der Waals surface area contributed by atoms with Crippen molar-refractivity contribution in [3.63, 3.8) is 0 Å². The third-order valence-electron chi connectivity index (χ3n) is 3.06. The van der Waals surface area contributed by atoms with Gasteiger partial charge in [-0.3, -0.25) is 0 Å². The molecule has 1 aliphatic rings. The molecular formula is C15H19NO3. The highest BCUT2D eigenvalue weighted by molar-refractivity contribution is 5.68. The number of nitrogens with zero attached hydrogens (tertiary/aromatic N) is 1. The van der Waals surface area contributed by atoms with Crippen LogP contribution in [0.2, 0.25) is 0 Å². The maximum absolute atomic E-state index is 11.9. The van der Waals surface area contributed by atoms with Gasteiger partial charge in [0, 0.05) is 6.54 Å². The quantitative estimate of drug-likeness (QED) is 0.765. The number of carbonyl (C=O) groups excluding carboxylic acids is 1. The van der Waals surface area contributed by atoms with E-state index in [2.05, 4.69) is 6.58 Å². The van der Waals surface area contributed by atoms with Crippen molar-refractivity contribution in [3.05, 3.63) is 48.6 Å². The molecule has 4 heteroatoms. The van der Waals surface area contributed by atoms with Gasteiger partial charge in [0.25, 0.3) is 0 Å². The van der Waals surface area contributed by atoms with Crippen LogP contribution >= 0.6 is 0 Å². The molecule has 0 radical (unpaired) electrons. The van der Waals surface area contributed by atoms with E-state index in [1.54, 1.807) is 11.0 Å². The fourth-order valence-corrected chi connectivity index (χ4v) is 2.04. The molecule has 0 spiro atoms. The predicted octanol–water partition coefficient (Wildman–Crippen LogP) is 2.60. The third-order valence-corrected chi connectivity index (χ3v) is 3.06. The first-order valence-corrected chi connectivity index (χ1v) is 6.47. The summed E-state index contributed by atoms with van der Waals surface area (Å²) in [4.78, 5) is 13.6. The summed E-state index contributed by atoms with van der Waals surface area (Å²) < 4.78 is 10.8. The molecule has 0 saturated carbocycles. The average Bonchev–Trinajstić information content (AvgIpc) is 2.92. The number of amides is 1. The molecule has 1 fully saturated rings. The third kappa shape index (κ3) is 4.10. The lowest BCUT2D eigenvalue weighted by molar-refractivity contribution is 0.0699. The van der Waals surface area contributed by atoms with Crippen LogP contribution in [0.25, 0.3) is 0 Å². The number of carbonyl (C=O) groups is 1. The average molecular weight is 261 g/mol. The highest BCUT2D eigenvalue weighted by atomic mass is 16.6. The maximum atomic E-state index is 11.9. The molecule has 1 heterocycles. The molecule has 1 amide bonds. The molecule has 1 saturated heterocycles. The SMILES string of the molecule is C=CCO[C@@H]1CCN(C(=O)OCc2ccccc2)C1. The predicted molar refractivity (Wildman–Crippen MR) is 72.8 cm³/mol. The fourth-order valence-electron chi connectivity index (χ4n) is 2.04. The monoisotopic (exact) mass is 261 g/mol. The fraction of sp³-hybridized carbons (Fsp3) is 0.400. The summed E-state index contributed by atoms with van der Waals surface area (Å²) in [7, 11) is 0. The van der Waals surface area contributed by atoms with Gasteiger partial charge in [-0.05, 0) is 12.0 Å². The molecule has 19 heavy (non-hydrogen) atoms. The molecule has 2 rings (SSSR count). The molecular weight excluding hydrogens is 242 g/mol. The number of likely N-dealkylation sites (tertiary alicyclic amines) is 1. The molecule has 0 N–H and O–H groups in total. The van der Waals surface area contributed by atoms with Crippen molar-refractivity contribution >= 4 is 6.09 Å². The van der Waals surface area contributed by atoms with E-state index in [9.17, 15) is 4.79 Å². The Kier molecular flexibility index (Phi) is 4.98. The van der Waals surface area contributed by atoms with Crippen LogP contribution in [0, 0.1) is 0 Å². The number of hydrogen-bond donors (Lipinski definition) is 0. The maximum Gasteiger partial charge on any atom is 0.410 e. The highest BCUT2D eigenvalue weighted by Crippen LogP contribution is 2.14. The molecule has 1 atom stereocenters. The summed E-state index contributed by atoms with van der Waals surface area (Å²) in [5.41, 5.74) is 0.995. The van der Waals surface area contributed by atoms with Gasteiger partial charge in [0.15, 0.2) is 0 Å². The Morgan fingerprint density at radius 2 is 2.21 bits per heavy atom. The molecule has 1 aromatic carbocycles. The van der Waals surface area contributed by atoms with E-state index < -0.39 is 0 Å². The Morgan fingerprint density at radius 1 is 1.42 bits per heavy atom. The van der Waals surface area contributed by atoms with Crippen molar-refractivity contribution in [1.29, 1.82) is 0 Å². The van der Waals surface area contributed by atoms with E-state index in [0.29, 0.717) is 26.3 Å². The van der Waals surface area contributed by atoms with Crippen LogP contribution in [-0.2, 0) is 16.1 Å². The van der Waals surface area contributed by atoms with Crippen molar-refractivity contribution < 1.29 is 14.3 Å². The van der Waals surface area contributed by atoms with Gasteiger partial charge in [0.1, 0.15) is 6.61 Å². The minimum atomic E-state index is -0.270. The molecule has 0 aromatic heterocycles. The zero-order chi connectivity index (χ0) is 13.5. The molecule has 0 unspecified atom stereocenters. The van der Waals surface area contributed by atoms with Gasteiger partial charge in [-0.1, -0.05) is 36.4 Å². The zero-order valence-corrected chi connectivity index (χ0v) is 11.0. The molecule has 0 aliphatic carbocycles. The van der Waals surface area contributed by atoms with E-state index in [1.165, 1.54) is 0 Å². The molecule has 4 nitrogen and oxygen atoms in total. The highest BCUT2D eigenvalue weighted by Gasteiger charge is 2.27. The minimum absolute atomic E-state index is 0.0993. The minimum Gasteiger partial charge on any atom is -0.445 e. The Morgan fingerprint density at radius 3 is 2.95 bits per heavy atom. The molecule has 102 valence electrons. The summed E-state index contributed by atoms with van der Waals surface area (Å²) in [5, 5.41) is 0. The van der Waals surface area contributed by atoms with E-state index in [1.807, 2.05) is 30.3 Å². The van der Waals surface area contributed by atoms with Crippen LogP contribution in [-0.4, -0.2) is 36.8 Å². The summed E-state index contributed by atoms with van der Waals surface area (Å²) in [6.45, 7) is 5.74. The molecule has 1 aliphatic heterocycles. The van der Waals surface area contributed by atoms with Crippen molar-refractivity contribution in [2.24, 2.45) is 0 Å².